The van der Waals surface area contributed by atoms with Crippen molar-refractivity contribution in [3.8, 4) is 0 Å². The molecule has 2 N–H and O–H groups in total. The minimum atomic E-state index is -0.568. The number of piperidine rings is 1. The Hall–Kier alpha value is -1.41. The van der Waals surface area contributed by atoms with Crippen LogP contribution in [0.3, 0.4) is 0 Å². The second kappa shape index (κ2) is 6.80. The molecule has 5 rings (SSSR count). The Balaban J connectivity index is 1.54. The lowest BCUT2D eigenvalue weighted by Crippen LogP contribution is -2.37. The van der Waals surface area contributed by atoms with Crippen molar-refractivity contribution in [1.82, 2.24) is 19.4 Å². The van der Waals surface area contributed by atoms with Gasteiger partial charge in [-0.15, -0.1) is 0 Å². The molecule has 3 fully saturated rings. The molecule has 158 valence electrons. The van der Waals surface area contributed by atoms with E-state index in [0.717, 1.165) is 36.1 Å². The van der Waals surface area contributed by atoms with Crippen molar-refractivity contribution < 1.29 is 9.47 Å². The summed E-state index contributed by atoms with van der Waals surface area (Å²) in [7, 11) is 2.21. The molecule has 4 atom stereocenters. The zero-order chi connectivity index (χ0) is 20.5. The van der Waals surface area contributed by atoms with Gasteiger partial charge in [-0.25, -0.2) is 4.98 Å². The van der Waals surface area contributed by atoms with E-state index >= 15 is 0 Å². The smallest absolute Gasteiger partial charge is 0.226 e. The van der Waals surface area contributed by atoms with Crippen LogP contribution in [0.4, 0.5) is 5.82 Å². The topological polar surface area (TPSA) is 78.4 Å². The monoisotopic (exact) mass is 419 g/mol. The minimum absolute atomic E-state index is 0.000351. The zero-order valence-corrected chi connectivity index (χ0v) is 18.3. The van der Waals surface area contributed by atoms with Crippen molar-refractivity contribution in [3.05, 3.63) is 17.0 Å². The fraction of sp³-hybridized carbons (Fsp3) is 0.714. The van der Waals surface area contributed by atoms with Gasteiger partial charge in [0.2, 0.25) is 5.28 Å². The SMILES string of the molecule is Cc1cn([C@@H]2C[C@H](C3CCN(C)CC3)[C@H]3OC(C)(C)O[C@H]32)c2nc(Cl)nc(N)c12. The number of anilines is 1. The van der Waals surface area contributed by atoms with E-state index < -0.39 is 5.79 Å². The van der Waals surface area contributed by atoms with Crippen molar-refractivity contribution in [2.75, 3.05) is 25.9 Å². The van der Waals surface area contributed by atoms with Crippen molar-refractivity contribution in [3.63, 3.8) is 0 Å². The molecule has 2 saturated heterocycles. The van der Waals surface area contributed by atoms with E-state index in [9.17, 15) is 0 Å². The van der Waals surface area contributed by atoms with Gasteiger partial charge in [0.15, 0.2) is 5.79 Å². The van der Waals surface area contributed by atoms with E-state index in [4.69, 9.17) is 26.8 Å². The highest BCUT2D eigenvalue weighted by molar-refractivity contribution is 6.28. The van der Waals surface area contributed by atoms with Crippen LogP contribution in [0.15, 0.2) is 6.20 Å². The molecule has 0 spiro atoms. The molecule has 0 bridgehead atoms. The number of nitrogen functional groups attached to an aromatic ring is 1. The van der Waals surface area contributed by atoms with E-state index in [1.165, 1.54) is 12.8 Å². The lowest BCUT2D eigenvalue weighted by Gasteiger charge is -2.35. The molecule has 4 heterocycles. The van der Waals surface area contributed by atoms with Gasteiger partial charge in [-0.2, -0.15) is 4.98 Å². The van der Waals surface area contributed by atoms with Gasteiger partial charge in [-0.3, -0.25) is 0 Å². The summed E-state index contributed by atoms with van der Waals surface area (Å²) >= 11 is 6.16. The Morgan fingerprint density at radius 2 is 1.86 bits per heavy atom. The van der Waals surface area contributed by atoms with Crippen LogP contribution in [-0.2, 0) is 9.47 Å². The first kappa shape index (κ1) is 19.5. The summed E-state index contributed by atoms with van der Waals surface area (Å²) in [6.45, 7) is 8.38. The Morgan fingerprint density at radius 3 is 2.59 bits per heavy atom. The number of hydrogen-bond donors (Lipinski definition) is 1. The van der Waals surface area contributed by atoms with Gasteiger partial charge in [0.25, 0.3) is 0 Å². The number of nitrogens with zero attached hydrogens (tertiary/aromatic N) is 4. The molecule has 0 unspecified atom stereocenters. The number of halogens is 1. The number of nitrogens with two attached hydrogens (primary N) is 1. The molecule has 0 aromatic carbocycles. The maximum atomic E-state index is 6.45. The molecule has 7 nitrogen and oxygen atoms in total. The van der Waals surface area contributed by atoms with Gasteiger partial charge in [-0.1, -0.05) is 0 Å². The normalized spacial score (nSPS) is 32.9. The molecule has 29 heavy (non-hydrogen) atoms. The van der Waals surface area contributed by atoms with Gasteiger partial charge >= 0.3 is 0 Å². The zero-order valence-electron chi connectivity index (χ0n) is 17.6. The summed E-state index contributed by atoms with van der Waals surface area (Å²) in [6, 6.07) is 0.146. The van der Waals surface area contributed by atoms with Crippen molar-refractivity contribution in [2.45, 2.75) is 64.1 Å². The summed E-state index contributed by atoms with van der Waals surface area (Å²) in [5, 5.41) is 1.06. The second-order valence-electron chi connectivity index (χ2n) is 9.47. The van der Waals surface area contributed by atoms with Crippen LogP contribution in [0.25, 0.3) is 11.0 Å². The molecule has 0 amide bonds. The number of fused-ring (bicyclic) bond motifs is 2. The van der Waals surface area contributed by atoms with Gasteiger partial charge in [0, 0.05) is 6.20 Å². The predicted molar refractivity (Wildman–Crippen MR) is 113 cm³/mol. The first-order chi connectivity index (χ1) is 13.7. The summed E-state index contributed by atoms with van der Waals surface area (Å²) in [5.74, 6) is 1.00. The first-order valence-electron chi connectivity index (χ1n) is 10.6. The van der Waals surface area contributed by atoms with Gasteiger partial charge in [0.05, 0.1) is 17.5 Å². The summed E-state index contributed by atoms with van der Waals surface area (Å²) in [5.41, 5.74) is 8.02. The van der Waals surface area contributed by atoms with Crippen LogP contribution < -0.4 is 5.73 Å². The van der Waals surface area contributed by atoms with E-state index in [0.29, 0.717) is 17.7 Å². The molecule has 1 saturated carbocycles. The average Bonchev–Trinajstić information content (AvgIpc) is 3.24. The van der Waals surface area contributed by atoms with Gasteiger partial charge < -0.3 is 24.7 Å². The molecular weight excluding hydrogens is 390 g/mol. The highest BCUT2D eigenvalue weighted by Crippen LogP contribution is 2.51. The van der Waals surface area contributed by atoms with Crippen LogP contribution in [0.5, 0.6) is 0 Å². The number of aryl methyl sites for hydroxylation is 1. The predicted octanol–water partition coefficient (Wildman–Crippen LogP) is 3.40. The van der Waals surface area contributed by atoms with E-state index in [1.807, 2.05) is 20.8 Å². The summed E-state index contributed by atoms with van der Waals surface area (Å²) in [4.78, 5) is 11.1. The van der Waals surface area contributed by atoms with Crippen LogP contribution in [-0.4, -0.2) is 57.6 Å². The number of hydrogen-bond acceptors (Lipinski definition) is 6. The highest BCUT2D eigenvalue weighted by Gasteiger charge is 2.56. The number of likely N-dealkylation sites (tertiary alicyclic amines) is 1. The van der Waals surface area contributed by atoms with Crippen LogP contribution in [0.1, 0.15) is 44.7 Å². The number of aromatic nitrogens is 3. The molecule has 0 radical (unpaired) electrons. The van der Waals surface area contributed by atoms with E-state index in [1.54, 1.807) is 0 Å². The Bertz CT molecular complexity index is 937. The van der Waals surface area contributed by atoms with Crippen molar-refractivity contribution in [1.29, 1.82) is 0 Å². The number of ether oxygens (including phenoxy) is 2. The van der Waals surface area contributed by atoms with Crippen molar-refractivity contribution >= 4 is 28.5 Å². The minimum Gasteiger partial charge on any atom is -0.383 e. The molecule has 2 aliphatic heterocycles. The van der Waals surface area contributed by atoms with Gasteiger partial charge in [-0.05, 0) is 89.2 Å². The fourth-order valence-corrected chi connectivity index (χ4v) is 5.94. The maximum absolute atomic E-state index is 6.45. The third-order valence-electron chi connectivity index (χ3n) is 7.07. The Morgan fingerprint density at radius 1 is 1.17 bits per heavy atom. The number of rotatable bonds is 2. The molecule has 1 aliphatic carbocycles. The molecule has 3 aliphatic rings. The van der Waals surface area contributed by atoms with Crippen molar-refractivity contribution in [2.24, 2.45) is 11.8 Å². The summed E-state index contributed by atoms with van der Waals surface area (Å²) in [6.07, 6.45) is 5.68. The van der Waals surface area contributed by atoms with Gasteiger partial charge in [0.1, 0.15) is 17.6 Å². The third kappa shape index (κ3) is 3.23. The largest absolute Gasteiger partial charge is 0.383 e. The fourth-order valence-electron chi connectivity index (χ4n) is 5.77. The van der Waals surface area contributed by atoms with E-state index in [-0.39, 0.29) is 23.5 Å². The molecule has 2 aromatic heterocycles. The van der Waals surface area contributed by atoms with Crippen LogP contribution in [0, 0.1) is 18.8 Å². The Labute approximate surface area is 176 Å². The molecule has 8 heteroatoms. The lowest BCUT2D eigenvalue weighted by molar-refractivity contribution is -0.163. The second-order valence-corrected chi connectivity index (χ2v) is 9.81. The quantitative estimate of drug-likeness (QED) is 0.751. The van der Waals surface area contributed by atoms with E-state index in [2.05, 4.69) is 32.7 Å². The molecular formula is C21H30ClN5O2. The lowest BCUT2D eigenvalue weighted by atomic mass is 9.82. The average molecular weight is 420 g/mol. The summed E-state index contributed by atoms with van der Waals surface area (Å²) < 4.78 is 15.1. The Kier molecular flexibility index (Phi) is 4.59. The molecule has 2 aromatic rings. The highest BCUT2D eigenvalue weighted by atomic mass is 35.5. The standard InChI is InChI=1S/C21H30ClN5O2/c1-11-10-27(19-15(11)18(23)24-20(22)25-19)14-9-13(12-5-7-26(4)8-6-12)16-17(14)29-21(2,3)28-16/h10,12-14,16-17H,5-9H2,1-4H3,(H2,23,24,25)/t13-,14-,16-,17+/m1/s1. The first-order valence-corrected chi connectivity index (χ1v) is 11.0. The maximum Gasteiger partial charge on any atom is 0.226 e. The van der Waals surface area contributed by atoms with Crippen LogP contribution in [0.2, 0.25) is 5.28 Å². The van der Waals surface area contributed by atoms with Crippen LogP contribution >= 0.6 is 11.6 Å². The third-order valence-corrected chi connectivity index (χ3v) is 7.24.